The summed E-state index contributed by atoms with van der Waals surface area (Å²) in [6.45, 7) is 3.50. The van der Waals surface area contributed by atoms with Gasteiger partial charge in [-0.1, -0.05) is 41.6 Å². The molecule has 0 spiro atoms. The lowest BCUT2D eigenvalue weighted by Gasteiger charge is -2.15. The molecule has 0 saturated carbocycles. The molecule has 1 aromatic heterocycles. The Hall–Kier alpha value is -4.31. The summed E-state index contributed by atoms with van der Waals surface area (Å²) in [5.74, 6) is 1.78. The largest absolute Gasteiger partial charge is 0.493 e. The number of Topliss-reactive ketones (excluding diaryl/α,β-unsaturated/α-hetero) is 1. The molecule has 196 valence electrons. The van der Waals surface area contributed by atoms with Crippen LogP contribution in [0.1, 0.15) is 22.8 Å². The number of rotatable bonds is 10. The van der Waals surface area contributed by atoms with Crippen molar-refractivity contribution >= 4 is 29.1 Å². The third-order valence-corrected chi connectivity index (χ3v) is 6.66. The molecule has 0 radical (unpaired) electrons. The van der Waals surface area contributed by atoms with Gasteiger partial charge in [-0.3, -0.25) is 14.2 Å². The molecule has 4 aromatic rings. The smallest absolute Gasteiger partial charge is 0.234 e. The highest BCUT2D eigenvalue weighted by Gasteiger charge is 2.21. The number of aromatic nitrogens is 3. The van der Waals surface area contributed by atoms with Gasteiger partial charge in [0.2, 0.25) is 11.7 Å². The lowest BCUT2D eigenvalue weighted by atomic mass is 10.1. The minimum atomic E-state index is -0.233. The molecule has 9 nitrogen and oxygen atoms in total. The Balaban J connectivity index is 1.67. The second-order valence-corrected chi connectivity index (χ2v) is 9.31. The number of amides is 1. The SMILES string of the molecule is COc1cc(-c2nnc(SCC(=O)Nc3cccc(C(C)=O)c3)n2-c2ccc(C)cc2)cc(OC)c1OC. The lowest BCUT2D eigenvalue weighted by molar-refractivity contribution is -0.113. The van der Waals surface area contributed by atoms with Gasteiger partial charge in [0.05, 0.1) is 27.1 Å². The van der Waals surface area contributed by atoms with Crippen LogP contribution < -0.4 is 19.5 Å². The minimum Gasteiger partial charge on any atom is -0.493 e. The number of benzene rings is 3. The molecule has 0 aliphatic carbocycles. The Bertz CT molecular complexity index is 1440. The maximum atomic E-state index is 12.8. The maximum absolute atomic E-state index is 12.8. The van der Waals surface area contributed by atoms with Crippen LogP contribution >= 0.6 is 11.8 Å². The van der Waals surface area contributed by atoms with Crippen molar-refractivity contribution in [1.29, 1.82) is 0 Å². The number of carbonyl (C=O) groups is 2. The highest BCUT2D eigenvalue weighted by molar-refractivity contribution is 7.99. The molecule has 0 fully saturated rings. The zero-order valence-electron chi connectivity index (χ0n) is 21.8. The standard InChI is InChI=1S/C28H28N4O5S/c1-17-9-11-22(12-10-17)32-27(20-14-23(35-3)26(37-5)24(15-20)36-4)30-31-28(32)38-16-25(34)29-21-8-6-7-19(13-21)18(2)33/h6-15H,16H2,1-5H3,(H,29,34). The van der Waals surface area contributed by atoms with E-state index < -0.39 is 0 Å². The van der Waals surface area contributed by atoms with Crippen LogP contribution in [-0.4, -0.2) is 53.5 Å². The fourth-order valence-corrected chi connectivity index (χ4v) is 4.58. The molecule has 0 aliphatic rings. The van der Waals surface area contributed by atoms with Crippen LogP contribution in [0.5, 0.6) is 17.2 Å². The third kappa shape index (κ3) is 5.81. The summed E-state index contributed by atoms with van der Waals surface area (Å²) in [4.78, 5) is 24.4. The number of anilines is 1. The summed E-state index contributed by atoms with van der Waals surface area (Å²) in [6, 6.07) is 18.4. The zero-order valence-corrected chi connectivity index (χ0v) is 22.6. The van der Waals surface area contributed by atoms with Crippen molar-refractivity contribution in [2.45, 2.75) is 19.0 Å². The van der Waals surface area contributed by atoms with Crippen molar-refractivity contribution in [2.24, 2.45) is 0 Å². The van der Waals surface area contributed by atoms with E-state index in [-0.39, 0.29) is 17.4 Å². The van der Waals surface area contributed by atoms with E-state index in [9.17, 15) is 9.59 Å². The molecule has 0 aliphatic heterocycles. The molecule has 0 bridgehead atoms. The van der Waals surface area contributed by atoms with Gasteiger partial charge in [-0.2, -0.15) is 0 Å². The quantitative estimate of drug-likeness (QED) is 0.219. The Morgan fingerprint density at radius 1 is 0.921 bits per heavy atom. The van der Waals surface area contributed by atoms with E-state index in [0.717, 1.165) is 11.3 Å². The number of hydrogen-bond acceptors (Lipinski definition) is 8. The van der Waals surface area contributed by atoms with Gasteiger partial charge in [-0.15, -0.1) is 10.2 Å². The molecule has 38 heavy (non-hydrogen) atoms. The Morgan fingerprint density at radius 3 is 2.21 bits per heavy atom. The molecule has 10 heteroatoms. The van der Waals surface area contributed by atoms with Crippen molar-refractivity contribution < 1.29 is 23.8 Å². The van der Waals surface area contributed by atoms with Crippen molar-refractivity contribution in [3.63, 3.8) is 0 Å². The average molecular weight is 533 g/mol. The van der Waals surface area contributed by atoms with Gasteiger partial charge in [0, 0.05) is 22.5 Å². The predicted octanol–water partition coefficient (Wildman–Crippen LogP) is 5.20. The molecule has 1 N–H and O–H groups in total. The summed E-state index contributed by atoms with van der Waals surface area (Å²) in [5, 5.41) is 12.2. The number of aryl methyl sites for hydroxylation is 1. The van der Waals surface area contributed by atoms with Gasteiger partial charge in [0.15, 0.2) is 28.3 Å². The van der Waals surface area contributed by atoms with Crippen molar-refractivity contribution in [2.75, 3.05) is 32.4 Å². The van der Waals surface area contributed by atoms with Gasteiger partial charge in [0.1, 0.15) is 0 Å². The van der Waals surface area contributed by atoms with Crippen LogP contribution in [-0.2, 0) is 4.79 Å². The number of hydrogen-bond donors (Lipinski definition) is 1. The van der Waals surface area contributed by atoms with Crippen molar-refractivity contribution in [3.8, 4) is 34.3 Å². The number of ether oxygens (including phenoxy) is 3. The van der Waals surface area contributed by atoms with Crippen LogP contribution in [0.15, 0.2) is 65.8 Å². The van der Waals surface area contributed by atoms with Crippen LogP contribution in [0.3, 0.4) is 0 Å². The van der Waals surface area contributed by atoms with E-state index in [1.807, 2.05) is 35.8 Å². The van der Waals surface area contributed by atoms with Crippen LogP contribution in [0.4, 0.5) is 5.69 Å². The van der Waals surface area contributed by atoms with Crippen LogP contribution in [0.25, 0.3) is 17.1 Å². The van der Waals surface area contributed by atoms with E-state index in [0.29, 0.717) is 45.0 Å². The number of methoxy groups -OCH3 is 3. The van der Waals surface area contributed by atoms with Gasteiger partial charge in [-0.25, -0.2) is 0 Å². The first kappa shape index (κ1) is 26.7. The van der Waals surface area contributed by atoms with Crippen molar-refractivity contribution in [3.05, 3.63) is 71.8 Å². The minimum absolute atomic E-state index is 0.0685. The van der Waals surface area contributed by atoms with Crippen LogP contribution in [0, 0.1) is 6.92 Å². The number of carbonyl (C=O) groups excluding carboxylic acids is 2. The first-order valence-electron chi connectivity index (χ1n) is 11.7. The highest BCUT2D eigenvalue weighted by Crippen LogP contribution is 2.41. The summed E-state index contributed by atoms with van der Waals surface area (Å²) in [7, 11) is 4.65. The molecule has 1 amide bonds. The summed E-state index contributed by atoms with van der Waals surface area (Å²) >= 11 is 1.25. The maximum Gasteiger partial charge on any atom is 0.234 e. The van der Waals surface area contributed by atoms with Gasteiger partial charge < -0.3 is 19.5 Å². The Morgan fingerprint density at radius 2 is 1.61 bits per heavy atom. The van der Waals surface area contributed by atoms with Gasteiger partial charge in [-0.05, 0) is 50.2 Å². The first-order chi connectivity index (χ1) is 18.3. The normalized spacial score (nSPS) is 10.7. The Kier molecular flexibility index (Phi) is 8.32. The number of nitrogens with one attached hydrogen (secondary N) is 1. The molecular formula is C28H28N4O5S. The average Bonchev–Trinajstić information content (AvgIpc) is 3.35. The molecular weight excluding hydrogens is 504 g/mol. The van der Waals surface area contributed by atoms with E-state index in [2.05, 4.69) is 15.5 Å². The predicted molar refractivity (Wildman–Crippen MR) is 147 cm³/mol. The number of thioether (sulfide) groups is 1. The topological polar surface area (TPSA) is 105 Å². The molecule has 1 heterocycles. The summed E-state index contributed by atoms with van der Waals surface area (Å²) in [6.07, 6.45) is 0. The zero-order chi connectivity index (χ0) is 27.2. The third-order valence-electron chi connectivity index (χ3n) is 5.73. The molecule has 3 aromatic carbocycles. The second-order valence-electron chi connectivity index (χ2n) is 8.36. The molecule has 0 atom stereocenters. The second kappa shape index (κ2) is 11.8. The van der Waals surface area contributed by atoms with E-state index in [1.165, 1.54) is 18.7 Å². The fraction of sp³-hybridized carbons (Fsp3) is 0.214. The van der Waals surface area contributed by atoms with E-state index in [1.54, 1.807) is 57.7 Å². The summed E-state index contributed by atoms with van der Waals surface area (Å²) in [5.41, 5.74) is 3.73. The Labute approximate surface area is 225 Å². The van der Waals surface area contributed by atoms with Gasteiger partial charge >= 0.3 is 0 Å². The fourth-order valence-electron chi connectivity index (χ4n) is 3.83. The number of nitrogens with zero attached hydrogens (tertiary/aromatic N) is 3. The van der Waals surface area contributed by atoms with Crippen LogP contribution in [0.2, 0.25) is 0 Å². The molecule has 0 unspecified atom stereocenters. The molecule has 4 rings (SSSR count). The highest BCUT2D eigenvalue weighted by atomic mass is 32.2. The monoisotopic (exact) mass is 532 g/mol. The van der Waals surface area contributed by atoms with Crippen molar-refractivity contribution in [1.82, 2.24) is 14.8 Å². The first-order valence-corrected chi connectivity index (χ1v) is 12.7. The number of ketones is 1. The van der Waals surface area contributed by atoms with E-state index in [4.69, 9.17) is 14.2 Å². The lowest BCUT2D eigenvalue weighted by Crippen LogP contribution is -2.15. The van der Waals surface area contributed by atoms with E-state index >= 15 is 0 Å². The summed E-state index contributed by atoms with van der Waals surface area (Å²) < 4.78 is 18.4. The van der Waals surface area contributed by atoms with Gasteiger partial charge in [0.25, 0.3) is 0 Å². The molecule has 0 saturated heterocycles.